The van der Waals surface area contributed by atoms with E-state index in [1.165, 1.54) is 0 Å². The van der Waals surface area contributed by atoms with E-state index in [2.05, 4.69) is 42.5 Å². The lowest BCUT2D eigenvalue weighted by Gasteiger charge is -2.10. The smallest absolute Gasteiger partial charge is 0.134 e. The van der Waals surface area contributed by atoms with Crippen LogP contribution in [-0.4, -0.2) is 7.11 Å². The molecule has 0 unspecified atom stereocenters. The van der Waals surface area contributed by atoms with Crippen molar-refractivity contribution >= 4 is 0 Å². The molecule has 0 aliphatic heterocycles. The molecule has 0 fully saturated rings. The van der Waals surface area contributed by atoms with Crippen molar-refractivity contribution in [1.82, 2.24) is 0 Å². The summed E-state index contributed by atoms with van der Waals surface area (Å²) < 4.78 is 11.5. The van der Waals surface area contributed by atoms with Crippen LogP contribution in [0.2, 0.25) is 0 Å². The van der Waals surface area contributed by atoms with Crippen LogP contribution in [0.3, 0.4) is 0 Å². The number of rotatable bonds is 5. The Balaban J connectivity index is 1.67. The van der Waals surface area contributed by atoms with Gasteiger partial charge in [0.1, 0.15) is 11.5 Å². The summed E-state index contributed by atoms with van der Waals surface area (Å²) in [6, 6.07) is 26.6. The molecule has 27 heavy (non-hydrogen) atoms. The first-order valence-corrected chi connectivity index (χ1v) is 8.90. The van der Waals surface area contributed by atoms with Gasteiger partial charge in [0, 0.05) is 23.2 Å². The highest BCUT2D eigenvalue weighted by Gasteiger charge is 2.11. The minimum Gasteiger partial charge on any atom is -0.496 e. The number of methoxy groups -OCH3 is 1. The highest BCUT2D eigenvalue weighted by Crippen LogP contribution is 2.35. The number of hydrogen-bond donors (Lipinski definition) is 1. The second kappa shape index (κ2) is 7.52. The van der Waals surface area contributed by atoms with Crippen molar-refractivity contribution in [1.29, 1.82) is 0 Å². The van der Waals surface area contributed by atoms with Gasteiger partial charge in [-0.25, -0.2) is 0 Å². The van der Waals surface area contributed by atoms with Gasteiger partial charge < -0.3 is 14.9 Å². The lowest BCUT2D eigenvalue weighted by atomic mass is 10.0. The number of nitrogens with two attached hydrogens (primary N) is 1. The Kier molecular flexibility index (Phi) is 4.77. The van der Waals surface area contributed by atoms with Gasteiger partial charge in [-0.05, 0) is 34.9 Å². The molecule has 1 heterocycles. The number of hydrogen-bond acceptors (Lipinski definition) is 3. The van der Waals surface area contributed by atoms with Gasteiger partial charge in [-0.2, -0.15) is 0 Å². The van der Waals surface area contributed by atoms with Crippen LogP contribution < -0.4 is 10.5 Å². The molecule has 1 aromatic heterocycles. The maximum Gasteiger partial charge on any atom is 0.134 e. The Labute approximate surface area is 159 Å². The lowest BCUT2D eigenvalue weighted by molar-refractivity contribution is 0.416. The van der Waals surface area contributed by atoms with Crippen molar-refractivity contribution in [2.45, 2.75) is 6.54 Å². The van der Waals surface area contributed by atoms with Gasteiger partial charge in [0.15, 0.2) is 0 Å². The molecular formula is C24H21NO2. The Morgan fingerprint density at radius 1 is 0.778 bits per heavy atom. The SMILES string of the molecule is COc1cc(-c2cc(-c3ccc(CN)cc3)co2)ccc1-c1ccccc1. The molecule has 0 bridgehead atoms. The van der Waals surface area contributed by atoms with Gasteiger partial charge in [-0.3, -0.25) is 0 Å². The fourth-order valence-corrected chi connectivity index (χ4v) is 3.17. The van der Waals surface area contributed by atoms with Crippen molar-refractivity contribution in [2.75, 3.05) is 7.11 Å². The van der Waals surface area contributed by atoms with Crippen molar-refractivity contribution in [3.05, 3.63) is 90.7 Å². The molecule has 0 atom stereocenters. The number of benzene rings is 3. The van der Waals surface area contributed by atoms with Crippen LogP contribution in [0.5, 0.6) is 5.75 Å². The van der Waals surface area contributed by atoms with E-state index in [0.29, 0.717) is 6.54 Å². The van der Waals surface area contributed by atoms with Gasteiger partial charge in [-0.15, -0.1) is 0 Å². The first kappa shape index (κ1) is 17.1. The van der Waals surface area contributed by atoms with E-state index in [0.717, 1.165) is 44.9 Å². The first-order chi connectivity index (χ1) is 13.3. The van der Waals surface area contributed by atoms with Crippen LogP contribution in [0.1, 0.15) is 5.56 Å². The molecule has 0 aliphatic carbocycles. The average molecular weight is 355 g/mol. The van der Waals surface area contributed by atoms with Crippen molar-refractivity contribution in [2.24, 2.45) is 5.73 Å². The van der Waals surface area contributed by atoms with E-state index < -0.39 is 0 Å². The maximum absolute atomic E-state index is 5.83. The predicted molar refractivity (Wildman–Crippen MR) is 109 cm³/mol. The molecule has 0 saturated carbocycles. The largest absolute Gasteiger partial charge is 0.496 e. The summed E-state index contributed by atoms with van der Waals surface area (Å²) in [6.45, 7) is 0.546. The molecule has 0 amide bonds. The number of furan rings is 1. The molecular weight excluding hydrogens is 334 g/mol. The minimum atomic E-state index is 0.546. The second-order valence-corrected chi connectivity index (χ2v) is 6.38. The molecule has 4 rings (SSSR count). The fourth-order valence-electron chi connectivity index (χ4n) is 3.17. The molecule has 134 valence electrons. The minimum absolute atomic E-state index is 0.546. The summed E-state index contributed by atoms with van der Waals surface area (Å²) in [5, 5.41) is 0. The summed E-state index contributed by atoms with van der Waals surface area (Å²) in [5.41, 5.74) is 12.1. The Hall–Kier alpha value is -3.30. The van der Waals surface area contributed by atoms with Gasteiger partial charge in [0.25, 0.3) is 0 Å². The van der Waals surface area contributed by atoms with E-state index >= 15 is 0 Å². The third-order valence-electron chi connectivity index (χ3n) is 4.69. The standard InChI is InChI=1S/C24H21NO2/c1-26-24-13-20(11-12-22(24)19-5-3-2-4-6-19)23-14-21(16-27-23)18-9-7-17(15-25)8-10-18/h2-14,16H,15,25H2,1H3. The van der Waals surface area contributed by atoms with Crippen molar-refractivity contribution in [3.8, 4) is 39.3 Å². The average Bonchev–Trinajstić information content (AvgIpc) is 3.24. The van der Waals surface area contributed by atoms with Gasteiger partial charge in [-0.1, -0.05) is 60.7 Å². The van der Waals surface area contributed by atoms with Crippen molar-refractivity contribution < 1.29 is 9.15 Å². The van der Waals surface area contributed by atoms with E-state index in [1.54, 1.807) is 13.4 Å². The summed E-state index contributed by atoms with van der Waals surface area (Å²) in [7, 11) is 1.69. The van der Waals surface area contributed by atoms with Crippen molar-refractivity contribution in [3.63, 3.8) is 0 Å². The Morgan fingerprint density at radius 2 is 1.52 bits per heavy atom. The quantitative estimate of drug-likeness (QED) is 0.496. The van der Waals surface area contributed by atoms with Gasteiger partial charge >= 0.3 is 0 Å². The van der Waals surface area contributed by atoms with E-state index in [4.69, 9.17) is 14.9 Å². The molecule has 4 aromatic rings. The van der Waals surface area contributed by atoms with Crippen LogP contribution in [0.15, 0.2) is 89.5 Å². The molecule has 0 radical (unpaired) electrons. The molecule has 3 heteroatoms. The molecule has 0 aliphatic rings. The summed E-state index contributed by atoms with van der Waals surface area (Å²) >= 11 is 0. The zero-order valence-electron chi connectivity index (χ0n) is 15.2. The van der Waals surface area contributed by atoms with Crippen LogP contribution in [-0.2, 0) is 6.54 Å². The number of ether oxygens (including phenoxy) is 1. The predicted octanol–water partition coefficient (Wildman–Crippen LogP) is 5.75. The topological polar surface area (TPSA) is 48.4 Å². The Morgan fingerprint density at radius 3 is 2.22 bits per heavy atom. The van der Waals surface area contributed by atoms with E-state index in [-0.39, 0.29) is 0 Å². The second-order valence-electron chi connectivity index (χ2n) is 6.38. The highest BCUT2D eigenvalue weighted by molar-refractivity contribution is 5.76. The van der Waals surface area contributed by atoms with Gasteiger partial charge in [0.2, 0.25) is 0 Å². The zero-order chi connectivity index (χ0) is 18.6. The zero-order valence-corrected chi connectivity index (χ0v) is 15.2. The molecule has 3 aromatic carbocycles. The Bertz CT molecular complexity index is 1030. The maximum atomic E-state index is 5.83. The molecule has 2 N–H and O–H groups in total. The molecule has 3 nitrogen and oxygen atoms in total. The van der Waals surface area contributed by atoms with Gasteiger partial charge in [0.05, 0.1) is 13.4 Å². The third-order valence-corrected chi connectivity index (χ3v) is 4.69. The molecule has 0 saturated heterocycles. The summed E-state index contributed by atoms with van der Waals surface area (Å²) in [4.78, 5) is 0. The van der Waals surface area contributed by atoms with Crippen LogP contribution in [0, 0.1) is 0 Å². The highest BCUT2D eigenvalue weighted by atomic mass is 16.5. The first-order valence-electron chi connectivity index (χ1n) is 8.90. The third kappa shape index (κ3) is 3.50. The monoisotopic (exact) mass is 355 g/mol. The summed E-state index contributed by atoms with van der Waals surface area (Å²) in [5.74, 6) is 1.63. The molecule has 0 spiro atoms. The van der Waals surface area contributed by atoms with E-state index in [1.807, 2.05) is 36.4 Å². The summed E-state index contributed by atoms with van der Waals surface area (Å²) in [6.07, 6.45) is 1.78. The lowest BCUT2D eigenvalue weighted by Crippen LogP contribution is -1.94. The van der Waals surface area contributed by atoms with Crippen LogP contribution in [0.25, 0.3) is 33.6 Å². The van der Waals surface area contributed by atoms with E-state index in [9.17, 15) is 0 Å². The normalized spacial score (nSPS) is 10.7. The fraction of sp³-hybridized carbons (Fsp3) is 0.0833. The van der Waals surface area contributed by atoms with Crippen LogP contribution in [0.4, 0.5) is 0 Å². The van der Waals surface area contributed by atoms with Crippen LogP contribution >= 0.6 is 0 Å².